The van der Waals surface area contributed by atoms with Gasteiger partial charge in [0.1, 0.15) is 16.8 Å². The Bertz CT molecular complexity index is 451. The lowest BCUT2D eigenvalue weighted by molar-refractivity contribution is 0.306. The molecule has 3 nitrogen and oxygen atoms in total. The van der Waals surface area contributed by atoms with Crippen LogP contribution in [0.15, 0.2) is 6.07 Å². The molecule has 0 bridgehead atoms. The Morgan fingerprint density at radius 2 is 2.05 bits per heavy atom. The number of hydrogen-bond acceptors (Lipinski definition) is 3. The Morgan fingerprint density at radius 3 is 2.68 bits per heavy atom. The standard InChI is InChI=1S/C15H22ClN3/c1-2-15(7-3-4-8-15)10-17-13-9-12(16)18-14(19-13)11-5-6-11/h9,11H,2-8,10H2,1H3,(H,17,18,19). The van der Waals surface area contributed by atoms with Crippen LogP contribution in [0.4, 0.5) is 5.82 Å². The minimum absolute atomic E-state index is 0.469. The summed E-state index contributed by atoms with van der Waals surface area (Å²) in [5.41, 5.74) is 0.469. The van der Waals surface area contributed by atoms with Crippen LogP contribution in [0.5, 0.6) is 0 Å². The number of anilines is 1. The highest BCUT2D eigenvalue weighted by Crippen LogP contribution is 2.41. The second-order valence-electron chi connectivity index (χ2n) is 6.12. The average molecular weight is 280 g/mol. The topological polar surface area (TPSA) is 37.8 Å². The lowest BCUT2D eigenvalue weighted by Gasteiger charge is -2.28. The van der Waals surface area contributed by atoms with Crippen molar-refractivity contribution in [2.75, 3.05) is 11.9 Å². The minimum Gasteiger partial charge on any atom is -0.369 e. The Labute approximate surface area is 120 Å². The number of rotatable bonds is 5. The van der Waals surface area contributed by atoms with Gasteiger partial charge in [0.25, 0.3) is 0 Å². The van der Waals surface area contributed by atoms with Crippen molar-refractivity contribution in [3.8, 4) is 0 Å². The van der Waals surface area contributed by atoms with Crippen molar-refractivity contribution in [1.29, 1.82) is 0 Å². The van der Waals surface area contributed by atoms with Crippen molar-refractivity contribution in [2.24, 2.45) is 5.41 Å². The van der Waals surface area contributed by atoms with Gasteiger partial charge in [0.2, 0.25) is 0 Å². The smallest absolute Gasteiger partial charge is 0.135 e. The molecule has 2 aliphatic carbocycles. The molecule has 2 aliphatic rings. The molecule has 2 fully saturated rings. The Hall–Kier alpha value is -0.830. The SMILES string of the molecule is CCC1(CNc2cc(Cl)nc(C3CC3)n2)CCCC1. The van der Waals surface area contributed by atoms with Gasteiger partial charge in [0.15, 0.2) is 0 Å². The zero-order chi connectivity index (χ0) is 13.3. The molecule has 0 spiro atoms. The van der Waals surface area contributed by atoms with E-state index in [0.717, 1.165) is 18.2 Å². The molecule has 0 saturated heterocycles. The first-order valence-corrected chi connectivity index (χ1v) is 7.87. The second-order valence-corrected chi connectivity index (χ2v) is 6.51. The Morgan fingerprint density at radius 1 is 1.32 bits per heavy atom. The lowest BCUT2D eigenvalue weighted by Crippen LogP contribution is -2.26. The summed E-state index contributed by atoms with van der Waals surface area (Å²) in [6.45, 7) is 3.32. The largest absolute Gasteiger partial charge is 0.369 e. The molecule has 2 saturated carbocycles. The predicted octanol–water partition coefficient (Wildman–Crippen LogP) is 4.39. The molecule has 0 radical (unpaired) electrons. The van der Waals surface area contributed by atoms with Gasteiger partial charge in [-0.2, -0.15) is 0 Å². The molecule has 0 aromatic carbocycles. The van der Waals surface area contributed by atoms with Gasteiger partial charge in [0.05, 0.1) is 0 Å². The summed E-state index contributed by atoms with van der Waals surface area (Å²) in [6, 6.07) is 1.85. The molecular weight excluding hydrogens is 258 g/mol. The van der Waals surface area contributed by atoms with Crippen LogP contribution in [0.1, 0.15) is 63.6 Å². The highest BCUT2D eigenvalue weighted by molar-refractivity contribution is 6.29. The van der Waals surface area contributed by atoms with Gasteiger partial charge in [-0.05, 0) is 37.5 Å². The molecule has 1 heterocycles. The van der Waals surface area contributed by atoms with Gasteiger partial charge in [-0.25, -0.2) is 9.97 Å². The fourth-order valence-electron chi connectivity index (χ4n) is 3.11. The van der Waals surface area contributed by atoms with Crippen LogP contribution in [0.25, 0.3) is 0 Å². The first-order valence-electron chi connectivity index (χ1n) is 7.49. The van der Waals surface area contributed by atoms with Crippen LogP contribution < -0.4 is 5.32 Å². The fourth-order valence-corrected chi connectivity index (χ4v) is 3.30. The van der Waals surface area contributed by atoms with E-state index in [1.807, 2.05) is 6.07 Å². The summed E-state index contributed by atoms with van der Waals surface area (Å²) in [7, 11) is 0. The van der Waals surface area contributed by atoms with Crippen molar-refractivity contribution in [3.63, 3.8) is 0 Å². The third-order valence-corrected chi connectivity index (χ3v) is 4.91. The second kappa shape index (κ2) is 5.28. The van der Waals surface area contributed by atoms with E-state index in [-0.39, 0.29) is 0 Å². The van der Waals surface area contributed by atoms with Crippen molar-refractivity contribution in [1.82, 2.24) is 9.97 Å². The highest BCUT2D eigenvalue weighted by atomic mass is 35.5. The Balaban J connectivity index is 1.69. The molecule has 1 aromatic rings. The van der Waals surface area contributed by atoms with Crippen molar-refractivity contribution in [2.45, 2.75) is 57.8 Å². The molecule has 1 N–H and O–H groups in total. The number of nitrogens with zero attached hydrogens (tertiary/aromatic N) is 2. The third-order valence-electron chi connectivity index (χ3n) is 4.71. The van der Waals surface area contributed by atoms with E-state index in [0.29, 0.717) is 16.5 Å². The maximum atomic E-state index is 6.09. The van der Waals surface area contributed by atoms with E-state index in [4.69, 9.17) is 11.6 Å². The molecule has 0 amide bonds. The van der Waals surface area contributed by atoms with Crippen molar-refractivity contribution < 1.29 is 0 Å². The number of nitrogens with one attached hydrogen (secondary N) is 1. The summed E-state index contributed by atoms with van der Waals surface area (Å²) in [4.78, 5) is 8.94. The normalized spacial score (nSPS) is 21.6. The summed E-state index contributed by atoms with van der Waals surface area (Å²) in [5.74, 6) is 2.37. The van der Waals surface area contributed by atoms with Crippen LogP contribution in [-0.4, -0.2) is 16.5 Å². The molecular formula is C15H22ClN3. The van der Waals surface area contributed by atoms with Crippen LogP contribution in [0.3, 0.4) is 0 Å². The summed E-state index contributed by atoms with van der Waals surface area (Å²) in [5, 5.41) is 4.07. The molecule has 0 atom stereocenters. The minimum atomic E-state index is 0.469. The fraction of sp³-hybridized carbons (Fsp3) is 0.733. The Kier molecular flexibility index (Phi) is 3.66. The zero-order valence-corrected chi connectivity index (χ0v) is 12.3. The van der Waals surface area contributed by atoms with Crippen LogP contribution >= 0.6 is 11.6 Å². The number of hydrogen-bond donors (Lipinski definition) is 1. The summed E-state index contributed by atoms with van der Waals surface area (Å²) < 4.78 is 0. The molecule has 0 aliphatic heterocycles. The number of aromatic nitrogens is 2. The molecule has 104 valence electrons. The van der Waals surface area contributed by atoms with E-state index in [9.17, 15) is 0 Å². The maximum absolute atomic E-state index is 6.09. The number of halogens is 1. The van der Waals surface area contributed by atoms with E-state index < -0.39 is 0 Å². The molecule has 4 heteroatoms. The summed E-state index contributed by atoms with van der Waals surface area (Å²) in [6.07, 6.45) is 9.07. The molecule has 0 unspecified atom stereocenters. The average Bonchev–Trinajstić information content (AvgIpc) is 3.16. The van der Waals surface area contributed by atoms with E-state index in [2.05, 4.69) is 22.2 Å². The predicted molar refractivity (Wildman–Crippen MR) is 78.7 cm³/mol. The van der Waals surface area contributed by atoms with Crippen LogP contribution in [-0.2, 0) is 0 Å². The maximum Gasteiger partial charge on any atom is 0.135 e. The summed E-state index contributed by atoms with van der Waals surface area (Å²) >= 11 is 6.09. The van der Waals surface area contributed by atoms with Gasteiger partial charge in [-0.15, -0.1) is 0 Å². The highest BCUT2D eigenvalue weighted by Gasteiger charge is 2.32. The molecule has 1 aromatic heterocycles. The van der Waals surface area contributed by atoms with Crippen LogP contribution in [0.2, 0.25) is 5.15 Å². The zero-order valence-electron chi connectivity index (χ0n) is 11.6. The van der Waals surface area contributed by atoms with Gasteiger partial charge in [0, 0.05) is 18.5 Å². The van der Waals surface area contributed by atoms with E-state index in [1.54, 1.807) is 0 Å². The quantitative estimate of drug-likeness (QED) is 0.812. The van der Waals surface area contributed by atoms with Gasteiger partial charge in [-0.3, -0.25) is 0 Å². The van der Waals surface area contributed by atoms with Crippen molar-refractivity contribution in [3.05, 3.63) is 17.0 Å². The third kappa shape index (κ3) is 3.02. The van der Waals surface area contributed by atoms with Gasteiger partial charge < -0.3 is 5.32 Å². The van der Waals surface area contributed by atoms with Crippen LogP contribution in [0, 0.1) is 5.41 Å². The van der Waals surface area contributed by atoms with Gasteiger partial charge in [-0.1, -0.05) is 31.4 Å². The lowest BCUT2D eigenvalue weighted by atomic mass is 9.83. The first-order chi connectivity index (χ1) is 9.21. The monoisotopic (exact) mass is 279 g/mol. The van der Waals surface area contributed by atoms with Crippen molar-refractivity contribution >= 4 is 17.4 Å². The van der Waals surface area contributed by atoms with E-state index >= 15 is 0 Å². The van der Waals surface area contributed by atoms with Gasteiger partial charge >= 0.3 is 0 Å². The molecule has 19 heavy (non-hydrogen) atoms. The molecule has 3 rings (SSSR count). The van der Waals surface area contributed by atoms with E-state index in [1.165, 1.54) is 44.9 Å². The first kappa shape index (κ1) is 13.2.